The Bertz CT molecular complexity index is 816. The van der Waals surface area contributed by atoms with Gasteiger partial charge in [0.25, 0.3) is 0 Å². The summed E-state index contributed by atoms with van der Waals surface area (Å²) in [5.74, 6) is -0.621. The van der Waals surface area contributed by atoms with E-state index in [0.29, 0.717) is 28.1 Å². The average Bonchev–Trinajstić information content (AvgIpc) is 3.05. The molecule has 114 valence electrons. The van der Waals surface area contributed by atoms with E-state index in [0.717, 1.165) is 0 Å². The molecular formula is C13H12FN5O2S. The molecule has 3 aromatic rings. The van der Waals surface area contributed by atoms with Crippen LogP contribution in [0.1, 0.15) is 10.7 Å². The van der Waals surface area contributed by atoms with Gasteiger partial charge in [-0.15, -0.1) is 10.2 Å². The smallest absolute Gasteiger partial charge is 0.232 e. The van der Waals surface area contributed by atoms with E-state index < -0.39 is 0 Å². The maximum Gasteiger partial charge on any atom is 0.232 e. The van der Waals surface area contributed by atoms with Gasteiger partial charge in [-0.25, -0.2) is 9.37 Å². The van der Waals surface area contributed by atoms with Crippen LogP contribution in [0, 0.1) is 5.82 Å². The van der Waals surface area contributed by atoms with E-state index in [1.165, 1.54) is 23.6 Å². The lowest BCUT2D eigenvalue weighted by atomic mass is 10.3. The first kappa shape index (κ1) is 14.5. The van der Waals surface area contributed by atoms with Crippen LogP contribution in [0.15, 0.2) is 24.5 Å². The summed E-state index contributed by atoms with van der Waals surface area (Å²) < 4.78 is 19.6. The van der Waals surface area contributed by atoms with Gasteiger partial charge in [-0.2, -0.15) is 0 Å². The summed E-state index contributed by atoms with van der Waals surface area (Å²) in [5, 5.41) is 11.5. The van der Waals surface area contributed by atoms with Crippen molar-refractivity contribution in [3.05, 3.63) is 41.0 Å². The zero-order valence-electron chi connectivity index (χ0n) is 11.6. The Hall–Kier alpha value is -2.39. The molecule has 0 saturated heterocycles. The van der Waals surface area contributed by atoms with Crippen LogP contribution < -0.4 is 5.32 Å². The van der Waals surface area contributed by atoms with Gasteiger partial charge in [0.1, 0.15) is 23.1 Å². The molecule has 3 aromatic heterocycles. The van der Waals surface area contributed by atoms with Gasteiger partial charge < -0.3 is 14.5 Å². The number of halogens is 1. The summed E-state index contributed by atoms with van der Waals surface area (Å²) in [6.45, 7) is 0.353. The SMILES string of the molecule is COCc1nnc(NC(=O)Cc2cn3cc(F)ccc3n2)s1. The number of pyridine rings is 1. The van der Waals surface area contributed by atoms with Crippen molar-refractivity contribution < 1.29 is 13.9 Å². The number of nitrogens with one attached hydrogen (secondary N) is 1. The van der Waals surface area contributed by atoms with E-state index in [-0.39, 0.29) is 18.1 Å². The highest BCUT2D eigenvalue weighted by atomic mass is 32.1. The number of rotatable bonds is 5. The fourth-order valence-electron chi connectivity index (χ4n) is 1.92. The Morgan fingerprint density at radius 3 is 3.09 bits per heavy atom. The van der Waals surface area contributed by atoms with E-state index in [2.05, 4.69) is 20.5 Å². The molecule has 3 heterocycles. The van der Waals surface area contributed by atoms with Crippen LogP contribution in [-0.2, 0) is 22.6 Å². The Morgan fingerprint density at radius 2 is 2.27 bits per heavy atom. The monoisotopic (exact) mass is 321 g/mol. The largest absolute Gasteiger partial charge is 0.377 e. The van der Waals surface area contributed by atoms with Crippen molar-refractivity contribution in [2.45, 2.75) is 13.0 Å². The molecule has 3 rings (SSSR count). The van der Waals surface area contributed by atoms with E-state index >= 15 is 0 Å². The second-order valence-electron chi connectivity index (χ2n) is 4.50. The maximum atomic E-state index is 13.1. The Balaban J connectivity index is 1.66. The second kappa shape index (κ2) is 6.16. The van der Waals surface area contributed by atoms with Crippen molar-refractivity contribution in [3.63, 3.8) is 0 Å². The number of carbonyl (C=O) groups excluding carboxylic acids is 1. The summed E-state index contributed by atoms with van der Waals surface area (Å²) >= 11 is 1.25. The molecule has 7 nitrogen and oxygen atoms in total. The number of fused-ring (bicyclic) bond motifs is 1. The number of imidazole rings is 1. The molecule has 0 spiro atoms. The molecule has 0 aliphatic rings. The zero-order chi connectivity index (χ0) is 15.5. The first-order chi connectivity index (χ1) is 10.6. The first-order valence-corrected chi connectivity index (χ1v) is 7.20. The number of amides is 1. The fourth-order valence-corrected chi connectivity index (χ4v) is 2.64. The molecule has 0 aliphatic carbocycles. The summed E-state index contributed by atoms with van der Waals surface area (Å²) in [5.41, 5.74) is 1.13. The molecule has 0 radical (unpaired) electrons. The van der Waals surface area contributed by atoms with Gasteiger partial charge in [0.05, 0.1) is 12.1 Å². The molecular weight excluding hydrogens is 309 g/mol. The van der Waals surface area contributed by atoms with Crippen molar-refractivity contribution in [3.8, 4) is 0 Å². The van der Waals surface area contributed by atoms with E-state index in [4.69, 9.17) is 4.74 Å². The van der Waals surface area contributed by atoms with Crippen LogP contribution in [0.25, 0.3) is 5.65 Å². The molecule has 1 amide bonds. The quantitative estimate of drug-likeness (QED) is 0.773. The molecule has 0 unspecified atom stereocenters. The Kier molecular flexibility index (Phi) is 4.07. The van der Waals surface area contributed by atoms with Crippen LogP contribution in [0.4, 0.5) is 9.52 Å². The number of ether oxygens (including phenoxy) is 1. The molecule has 0 aromatic carbocycles. The van der Waals surface area contributed by atoms with Crippen LogP contribution in [-0.4, -0.2) is 32.6 Å². The number of hydrogen-bond acceptors (Lipinski definition) is 6. The molecule has 0 bridgehead atoms. The summed E-state index contributed by atoms with van der Waals surface area (Å²) in [4.78, 5) is 16.2. The Morgan fingerprint density at radius 1 is 1.41 bits per heavy atom. The molecule has 0 fully saturated rings. The zero-order valence-corrected chi connectivity index (χ0v) is 12.4. The van der Waals surface area contributed by atoms with Gasteiger partial charge in [0.2, 0.25) is 11.0 Å². The maximum absolute atomic E-state index is 13.1. The highest BCUT2D eigenvalue weighted by Gasteiger charge is 2.11. The van der Waals surface area contributed by atoms with Gasteiger partial charge in [-0.3, -0.25) is 4.79 Å². The summed E-state index contributed by atoms with van der Waals surface area (Å²) in [6.07, 6.45) is 3.00. The third kappa shape index (κ3) is 3.26. The van der Waals surface area contributed by atoms with Gasteiger partial charge >= 0.3 is 0 Å². The topological polar surface area (TPSA) is 81.4 Å². The predicted molar refractivity (Wildman–Crippen MR) is 78.1 cm³/mol. The molecule has 9 heteroatoms. The minimum absolute atomic E-state index is 0.0719. The summed E-state index contributed by atoms with van der Waals surface area (Å²) in [6, 6.07) is 2.88. The summed E-state index contributed by atoms with van der Waals surface area (Å²) in [7, 11) is 1.56. The average molecular weight is 321 g/mol. The van der Waals surface area contributed by atoms with Crippen molar-refractivity contribution >= 4 is 28.0 Å². The predicted octanol–water partition coefficient (Wildman–Crippen LogP) is 1.65. The number of hydrogen-bond donors (Lipinski definition) is 1. The van der Waals surface area contributed by atoms with Gasteiger partial charge in [-0.05, 0) is 12.1 Å². The third-order valence-corrected chi connectivity index (χ3v) is 3.60. The van der Waals surface area contributed by atoms with Crippen molar-refractivity contribution in [2.75, 3.05) is 12.4 Å². The molecule has 22 heavy (non-hydrogen) atoms. The second-order valence-corrected chi connectivity index (χ2v) is 5.57. The number of nitrogens with zero attached hydrogens (tertiary/aromatic N) is 4. The fraction of sp³-hybridized carbons (Fsp3) is 0.231. The van der Waals surface area contributed by atoms with Gasteiger partial charge in [-0.1, -0.05) is 11.3 Å². The van der Waals surface area contributed by atoms with Crippen LogP contribution in [0.2, 0.25) is 0 Å². The van der Waals surface area contributed by atoms with Crippen LogP contribution in [0.5, 0.6) is 0 Å². The van der Waals surface area contributed by atoms with Crippen molar-refractivity contribution in [1.29, 1.82) is 0 Å². The number of anilines is 1. The Labute approximate surface area is 128 Å². The van der Waals surface area contributed by atoms with Crippen molar-refractivity contribution in [1.82, 2.24) is 19.6 Å². The third-order valence-electron chi connectivity index (χ3n) is 2.79. The van der Waals surface area contributed by atoms with Crippen molar-refractivity contribution in [2.24, 2.45) is 0 Å². The first-order valence-electron chi connectivity index (χ1n) is 6.38. The minimum Gasteiger partial charge on any atom is -0.377 e. The molecule has 0 aliphatic heterocycles. The normalized spacial score (nSPS) is 11.0. The molecule has 0 saturated carbocycles. The standard InChI is InChI=1S/C13H12FN5O2S/c1-21-7-12-17-18-13(22-12)16-11(20)4-9-6-19-5-8(14)2-3-10(19)15-9/h2-3,5-6H,4,7H2,1H3,(H,16,18,20). The lowest BCUT2D eigenvalue weighted by Gasteiger charge is -1.97. The van der Waals surface area contributed by atoms with E-state index in [1.54, 1.807) is 23.8 Å². The molecule has 1 N–H and O–H groups in total. The van der Waals surface area contributed by atoms with Gasteiger partial charge in [0, 0.05) is 19.5 Å². The lowest BCUT2D eigenvalue weighted by Crippen LogP contribution is -2.14. The number of carbonyl (C=O) groups is 1. The highest BCUT2D eigenvalue weighted by molar-refractivity contribution is 7.15. The van der Waals surface area contributed by atoms with Gasteiger partial charge in [0.15, 0.2) is 0 Å². The number of methoxy groups -OCH3 is 1. The highest BCUT2D eigenvalue weighted by Crippen LogP contribution is 2.16. The molecule has 0 atom stereocenters. The van der Waals surface area contributed by atoms with Crippen LogP contribution >= 0.6 is 11.3 Å². The number of aromatic nitrogens is 4. The van der Waals surface area contributed by atoms with Crippen LogP contribution in [0.3, 0.4) is 0 Å². The van der Waals surface area contributed by atoms with E-state index in [1.807, 2.05) is 0 Å². The lowest BCUT2D eigenvalue weighted by molar-refractivity contribution is -0.115. The van der Waals surface area contributed by atoms with E-state index in [9.17, 15) is 9.18 Å². The minimum atomic E-state index is -0.361.